The zero-order chi connectivity index (χ0) is 20.0. The van der Waals surface area contributed by atoms with Gasteiger partial charge in [-0.15, -0.1) is 0 Å². The largest absolute Gasteiger partial charge is 0.493 e. The van der Waals surface area contributed by atoms with Gasteiger partial charge in [0.15, 0.2) is 11.5 Å². The highest BCUT2D eigenvalue weighted by molar-refractivity contribution is 6.04. The minimum atomic E-state index is -2.97. The van der Waals surface area contributed by atoms with Crippen LogP contribution in [0.5, 0.6) is 11.5 Å². The molecule has 0 unspecified atom stereocenters. The zero-order valence-corrected chi connectivity index (χ0v) is 15.8. The summed E-state index contributed by atoms with van der Waals surface area (Å²) in [5.41, 5.74) is 1.98. The summed E-state index contributed by atoms with van der Waals surface area (Å²) in [6.45, 7) is 4.24. The van der Waals surface area contributed by atoms with Gasteiger partial charge in [0.2, 0.25) is 0 Å². The molecule has 2 aromatic rings. The summed E-state index contributed by atoms with van der Waals surface area (Å²) < 4.78 is 34.2. The smallest absolute Gasteiger partial charge is 0.387 e. The molecule has 1 N–H and O–H groups in total. The van der Waals surface area contributed by atoms with Gasteiger partial charge in [-0.3, -0.25) is 4.79 Å². The number of nitrogens with one attached hydrogen (secondary N) is 1. The van der Waals surface area contributed by atoms with Gasteiger partial charge in [-0.05, 0) is 63.2 Å². The van der Waals surface area contributed by atoms with E-state index in [2.05, 4.69) is 35.7 Å². The summed E-state index contributed by atoms with van der Waals surface area (Å²) in [6, 6.07) is 12.0. The van der Waals surface area contributed by atoms with Crippen LogP contribution < -0.4 is 19.7 Å². The number of alkyl halides is 2. The number of rotatable bonds is 8. The lowest BCUT2D eigenvalue weighted by atomic mass is 10.1. The minimum absolute atomic E-state index is 0.0637. The molecule has 0 saturated carbocycles. The van der Waals surface area contributed by atoms with Gasteiger partial charge < -0.3 is 19.7 Å². The minimum Gasteiger partial charge on any atom is -0.493 e. The van der Waals surface area contributed by atoms with Crippen molar-refractivity contribution in [3.63, 3.8) is 0 Å². The highest BCUT2D eigenvalue weighted by Gasteiger charge is 2.15. The second kappa shape index (κ2) is 9.21. The first-order valence-corrected chi connectivity index (χ1v) is 8.66. The number of amides is 1. The molecule has 1 amide bonds. The van der Waals surface area contributed by atoms with Gasteiger partial charge in [0.1, 0.15) is 0 Å². The molecule has 7 heteroatoms. The van der Waals surface area contributed by atoms with E-state index in [9.17, 15) is 13.6 Å². The van der Waals surface area contributed by atoms with Crippen LogP contribution in [0.3, 0.4) is 0 Å². The maximum Gasteiger partial charge on any atom is 0.387 e. The first-order valence-electron chi connectivity index (χ1n) is 8.66. The van der Waals surface area contributed by atoms with Crippen LogP contribution in [0, 0.1) is 0 Å². The van der Waals surface area contributed by atoms with Crippen LogP contribution in [0.25, 0.3) is 0 Å². The van der Waals surface area contributed by atoms with Crippen molar-refractivity contribution in [2.75, 3.05) is 23.9 Å². The highest BCUT2D eigenvalue weighted by Crippen LogP contribution is 2.30. The number of ether oxygens (including phenoxy) is 2. The van der Waals surface area contributed by atoms with Gasteiger partial charge in [-0.25, -0.2) is 0 Å². The third-order valence-electron chi connectivity index (χ3n) is 4.06. The van der Waals surface area contributed by atoms with E-state index in [4.69, 9.17) is 4.74 Å². The van der Waals surface area contributed by atoms with Crippen LogP contribution in [0.2, 0.25) is 0 Å². The number of nitrogens with zero attached hydrogens (tertiary/aromatic N) is 1. The van der Waals surface area contributed by atoms with E-state index in [0.29, 0.717) is 11.7 Å². The molecule has 0 radical (unpaired) electrons. The predicted molar refractivity (Wildman–Crippen MR) is 102 cm³/mol. The highest BCUT2D eigenvalue weighted by atomic mass is 19.3. The van der Waals surface area contributed by atoms with Crippen LogP contribution in [-0.4, -0.2) is 32.2 Å². The summed E-state index contributed by atoms with van der Waals surface area (Å²) in [6.07, 6.45) is 0. The summed E-state index contributed by atoms with van der Waals surface area (Å²) in [5, 5.41) is 2.78. The van der Waals surface area contributed by atoms with Crippen LogP contribution in [-0.2, 0) is 0 Å². The van der Waals surface area contributed by atoms with Crippen molar-refractivity contribution in [1.29, 1.82) is 0 Å². The molecule has 0 bridgehead atoms. The summed E-state index contributed by atoms with van der Waals surface area (Å²) in [7, 11) is 1.32. The van der Waals surface area contributed by atoms with E-state index < -0.39 is 6.61 Å². The molecule has 0 aromatic heterocycles. The third-order valence-corrected chi connectivity index (χ3v) is 4.06. The Morgan fingerprint density at radius 3 is 2.30 bits per heavy atom. The molecule has 2 rings (SSSR count). The van der Waals surface area contributed by atoms with Gasteiger partial charge >= 0.3 is 6.61 Å². The van der Waals surface area contributed by atoms with Crippen LogP contribution in [0.1, 0.15) is 31.1 Å². The van der Waals surface area contributed by atoms with E-state index in [1.807, 2.05) is 24.3 Å². The molecule has 27 heavy (non-hydrogen) atoms. The number of methoxy groups -OCH3 is 1. The Kier molecular flexibility index (Phi) is 6.98. The normalized spacial score (nSPS) is 10.8. The molecule has 0 aliphatic rings. The van der Waals surface area contributed by atoms with E-state index in [1.165, 1.54) is 25.3 Å². The molecule has 0 aliphatic heterocycles. The second-order valence-electron chi connectivity index (χ2n) is 6.12. The summed E-state index contributed by atoms with van der Waals surface area (Å²) >= 11 is 0. The van der Waals surface area contributed by atoms with Crippen LogP contribution in [0.15, 0.2) is 42.5 Å². The maximum atomic E-state index is 12.4. The number of hydrogen-bond donors (Lipinski definition) is 1. The molecule has 2 aromatic carbocycles. The first kappa shape index (κ1) is 20.5. The van der Waals surface area contributed by atoms with Crippen molar-refractivity contribution < 1.29 is 23.0 Å². The van der Waals surface area contributed by atoms with Gasteiger partial charge in [0.05, 0.1) is 7.11 Å². The summed E-state index contributed by atoms with van der Waals surface area (Å²) in [5.74, 6) is -0.434. The number of halogens is 2. The van der Waals surface area contributed by atoms with Crippen molar-refractivity contribution in [1.82, 2.24) is 0 Å². The lowest BCUT2D eigenvalue weighted by molar-refractivity contribution is -0.0512. The second-order valence-corrected chi connectivity index (χ2v) is 6.12. The molecule has 5 nitrogen and oxygen atoms in total. The molecule has 0 spiro atoms. The Morgan fingerprint density at radius 2 is 1.78 bits per heavy atom. The molecular formula is C20H24F2N2O3. The van der Waals surface area contributed by atoms with Crippen LogP contribution in [0.4, 0.5) is 20.2 Å². The maximum absolute atomic E-state index is 12.4. The SMILES string of the molecule is CCN(c1ccc(NC(=O)c2ccc(OC(F)F)c(OC)c2)cc1)C(C)C. The lowest BCUT2D eigenvalue weighted by Crippen LogP contribution is -2.30. The zero-order valence-electron chi connectivity index (χ0n) is 15.8. The molecular weight excluding hydrogens is 354 g/mol. The topological polar surface area (TPSA) is 50.8 Å². The van der Waals surface area contributed by atoms with Crippen molar-refractivity contribution in [2.24, 2.45) is 0 Å². The lowest BCUT2D eigenvalue weighted by Gasteiger charge is -2.27. The fraction of sp³-hybridized carbons (Fsp3) is 0.350. The Labute approximate surface area is 157 Å². The van der Waals surface area contributed by atoms with Gasteiger partial charge in [-0.2, -0.15) is 8.78 Å². The molecule has 0 heterocycles. The van der Waals surface area contributed by atoms with E-state index in [0.717, 1.165) is 12.2 Å². The third kappa shape index (κ3) is 5.32. The average molecular weight is 378 g/mol. The fourth-order valence-corrected chi connectivity index (χ4v) is 2.79. The average Bonchev–Trinajstić information content (AvgIpc) is 2.63. The Hall–Kier alpha value is -2.83. The predicted octanol–water partition coefficient (Wildman–Crippen LogP) is 4.78. The number of hydrogen-bond acceptors (Lipinski definition) is 4. The number of benzene rings is 2. The summed E-state index contributed by atoms with van der Waals surface area (Å²) in [4.78, 5) is 14.7. The quantitative estimate of drug-likeness (QED) is 0.718. The number of carbonyl (C=O) groups is 1. The Morgan fingerprint density at radius 1 is 1.11 bits per heavy atom. The van der Waals surface area contributed by atoms with Gasteiger partial charge in [0.25, 0.3) is 5.91 Å². The van der Waals surface area contributed by atoms with E-state index in [1.54, 1.807) is 0 Å². The standard InChI is InChI=1S/C20H24F2N2O3/c1-5-24(13(2)3)16-9-7-15(8-10-16)23-19(25)14-6-11-17(27-20(21)22)18(12-14)26-4/h6-13,20H,5H2,1-4H3,(H,23,25). The van der Waals surface area contributed by atoms with Crippen molar-refractivity contribution in [3.05, 3.63) is 48.0 Å². The molecule has 0 fully saturated rings. The van der Waals surface area contributed by atoms with Crippen molar-refractivity contribution in [2.45, 2.75) is 33.4 Å². The van der Waals surface area contributed by atoms with Gasteiger partial charge in [-0.1, -0.05) is 0 Å². The van der Waals surface area contributed by atoms with E-state index >= 15 is 0 Å². The number of carbonyl (C=O) groups excluding carboxylic acids is 1. The number of anilines is 2. The molecule has 0 aliphatic carbocycles. The fourth-order valence-electron chi connectivity index (χ4n) is 2.79. The molecule has 0 saturated heterocycles. The Bertz CT molecular complexity index is 764. The van der Waals surface area contributed by atoms with Gasteiger partial charge in [0, 0.05) is 29.5 Å². The first-order chi connectivity index (χ1) is 12.8. The van der Waals surface area contributed by atoms with Crippen molar-refractivity contribution in [3.8, 4) is 11.5 Å². The molecule has 146 valence electrons. The monoisotopic (exact) mass is 378 g/mol. The van der Waals surface area contributed by atoms with Crippen LogP contribution >= 0.6 is 0 Å². The van der Waals surface area contributed by atoms with Crippen molar-refractivity contribution >= 4 is 17.3 Å². The molecule has 0 atom stereocenters. The van der Waals surface area contributed by atoms with E-state index in [-0.39, 0.29) is 23.0 Å². The Balaban J connectivity index is 2.12.